The Morgan fingerprint density at radius 1 is 0.939 bits per heavy atom. The van der Waals surface area contributed by atoms with Crippen molar-refractivity contribution in [2.24, 2.45) is 0 Å². The highest BCUT2D eigenvalue weighted by Gasteiger charge is 2.29. The number of benzene rings is 3. The van der Waals surface area contributed by atoms with Gasteiger partial charge in [-0.15, -0.1) is 0 Å². The van der Waals surface area contributed by atoms with Crippen LogP contribution in [0.5, 0.6) is 0 Å². The van der Waals surface area contributed by atoms with Crippen molar-refractivity contribution in [2.75, 3.05) is 26.2 Å². The predicted octanol–water partition coefficient (Wildman–Crippen LogP) is 4.41. The predicted molar refractivity (Wildman–Crippen MR) is 130 cm³/mol. The van der Waals surface area contributed by atoms with E-state index < -0.39 is 15.6 Å². The van der Waals surface area contributed by atoms with E-state index in [1.165, 1.54) is 10.4 Å². The summed E-state index contributed by atoms with van der Waals surface area (Å²) in [5.41, 5.74) is 1.78. The van der Waals surface area contributed by atoms with Crippen molar-refractivity contribution in [3.63, 3.8) is 0 Å². The molecule has 5 rings (SSSR count). The Hall–Kier alpha value is -2.71. The molecular weight excluding hydrogens is 460 g/mol. The van der Waals surface area contributed by atoms with E-state index in [2.05, 4.69) is 4.90 Å². The van der Waals surface area contributed by atoms with Gasteiger partial charge in [0.1, 0.15) is 5.58 Å². The molecule has 0 saturated carbocycles. The second kappa shape index (κ2) is 8.57. The van der Waals surface area contributed by atoms with E-state index in [9.17, 15) is 13.2 Å². The molecule has 1 aliphatic rings. The maximum absolute atomic E-state index is 13.2. The summed E-state index contributed by atoms with van der Waals surface area (Å²) in [6, 6.07) is 18.1. The number of aryl methyl sites for hydroxylation is 1. The van der Waals surface area contributed by atoms with Gasteiger partial charge in [0, 0.05) is 49.2 Å². The zero-order valence-electron chi connectivity index (χ0n) is 18.1. The van der Waals surface area contributed by atoms with Gasteiger partial charge in [-0.05, 0) is 53.1 Å². The molecule has 1 saturated heterocycles. The van der Waals surface area contributed by atoms with Gasteiger partial charge in [0.25, 0.3) is 0 Å². The second-order valence-electron chi connectivity index (χ2n) is 8.38. The molecule has 1 aromatic heterocycles. The highest BCUT2D eigenvalue weighted by Crippen LogP contribution is 2.27. The van der Waals surface area contributed by atoms with Crippen LogP contribution in [0.2, 0.25) is 5.02 Å². The first-order valence-electron chi connectivity index (χ1n) is 10.8. The molecular formula is C25H23ClN2O4S. The summed E-state index contributed by atoms with van der Waals surface area (Å²) in [6.45, 7) is 4.28. The smallest absolute Gasteiger partial charge is 0.336 e. The average Bonchev–Trinajstić information content (AvgIpc) is 2.80. The molecule has 6 nitrogen and oxygen atoms in total. The maximum atomic E-state index is 13.2. The second-order valence-corrected chi connectivity index (χ2v) is 10.7. The van der Waals surface area contributed by atoms with Crippen molar-refractivity contribution < 1.29 is 12.8 Å². The van der Waals surface area contributed by atoms with Gasteiger partial charge in [0.15, 0.2) is 0 Å². The Bertz CT molecular complexity index is 1520. The Labute approximate surface area is 197 Å². The third-order valence-electron chi connectivity index (χ3n) is 6.19. The number of halogens is 1. The molecule has 1 fully saturated rings. The van der Waals surface area contributed by atoms with Crippen molar-refractivity contribution in [1.82, 2.24) is 9.21 Å². The quantitative estimate of drug-likeness (QED) is 0.403. The lowest BCUT2D eigenvalue weighted by atomic mass is 10.1. The minimum atomic E-state index is -3.58. The summed E-state index contributed by atoms with van der Waals surface area (Å²) < 4.78 is 33.3. The number of fused-ring (bicyclic) bond motifs is 2. The minimum Gasteiger partial charge on any atom is -0.423 e. The first-order valence-corrected chi connectivity index (χ1v) is 12.6. The number of sulfonamides is 1. The summed E-state index contributed by atoms with van der Waals surface area (Å²) in [4.78, 5) is 14.5. The number of nitrogens with zero attached hydrogens (tertiary/aromatic N) is 2. The molecule has 0 spiro atoms. The molecule has 0 bridgehead atoms. The van der Waals surface area contributed by atoms with Crippen molar-refractivity contribution >= 4 is 43.4 Å². The Kier molecular flexibility index (Phi) is 5.74. The minimum absolute atomic E-state index is 0.311. The van der Waals surface area contributed by atoms with Gasteiger partial charge in [-0.1, -0.05) is 41.9 Å². The van der Waals surface area contributed by atoms with E-state index in [1.807, 2.05) is 43.3 Å². The van der Waals surface area contributed by atoms with Crippen LogP contribution in [-0.4, -0.2) is 43.8 Å². The molecule has 0 aliphatic carbocycles. The number of piperazine rings is 1. The van der Waals surface area contributed by atoms with Crippen LogP contribution >= 0.6 is 11.6 Å². The first-order chi connectivity index (χ1) is 15.8. The van der Waals surface area contributed by atoms with Crippen LogP contribution in [-0.2, 0) is 16.6 Å². The van der Waals surface area contributed by atoms with Crippen LogP contribution in [0.3, 0.4) is 0 Å². The van der Waals surface area contributed by atoms with E-state index in [0.29, 0.717) is 48.2 Å². The monoisotopic (exact) mass is 482 g/mol. The number of hydrogen-bond donors (Lipinski definition) is 0. The topological polar surface area (TPSA) is 70.8 Å². The average molecular weight is 483 g/mol. The van der Waals surface area contributed by atoms with E-state index in [-0.39, 0.29) is 0 Å². The number of hydrogen-bond acceptors (Lipinski definition) is 5. The first kappa shape index (κ1) is 22.1. The van der Waals surface area contributed by atoms with Crippen LogP contribution in [0.1, 0.15) is 11.1 Å². The normalized spacial score (nSPS) is 15.9. The third-order valence-corrected chi connectivity index (χ3v) is 8.50. The summed E-state index contributed by atoms with van der Waals surface area (Å²) in [5.74, 6) is 0. The van der Waals surface area contributed by atoms with Crippen LogP contribution < -0.4 is 5.63 Å². The third kappa shape index (κ3) is 4.29. The van der Waals surface area contributed by atoms with Crippen molar-refractivity contribution in [1.29, 1.82) is 0 Å². The lowest BCUT2D eigenvalue weighted by Crippen LogP contribution is -2.48. The van der Waals surface area contributed by atoms with Crippen LogP contribution in [0.25, 0.3) is 21.7 Å². The van der Waals surface area contributed by atoms with Crippen LogP contribution in [0, 0.1) is 6.92 Å². The Balaban J connectivity index is 1.34. The van der Waals surface area contributed by atoms with E-state index >= 15 is 0 Å². The van der Waals surface area contributed by atoms with Crippen molar-refractivity contribution in [3.8, 4) is 0 Å². The van der Waals surface area contributed by atoms with Gasteiger partial charge in [0.05, 0.1) is 4.90 Å². The highest BCUT2D eigenvalue weighted by atomic mass is 35.5. The standard InChI is InChI=1S/C25H23ClN2O4S/c1-17-12-24-22(15-23(17)26)20(14-25(29)32-24)16-27-8-10-28(11-9-27)33(30,31)21-7-6-18-4-2-3-5-19(18)13-21/h2-7,12-15H,8-11,16H2,1H3. The fraction of sp³-hybridized carbons (Fsp3) is 0.240. The van der Waals surface area contributed by atoms with Gasteiger partial charge in [-0.25, -0.2) is 13.2 Å². The molecule has 170 valence electrons. The van der Waals surface area contributed by atoms with E-state index in [1.54, 1.807) is 18.2 Å². The van der Waals surface area contributed by atoms with E-state index in [4.69, 9.17) is 16.0 Å². The van der Waals surface area contributed by atoms with Gasteiger partial charge < -0.3 is 4.42 Å². The molecule has 0 amide bonds. The largest absolute Gasteiger partial charge is 0.423 e. The molecule has 0 radical (unpaired) electrons. The lowest BCUT2D eigenvalue weighted by Gasteiger charge is -2.34. The van der Waals surface area contributed by atoms with Crippen LogP contribution in [0.15, 0.2) is 74.8 Å². The molecule has 3 aromatic carbocycles. The Morgan fingerprint density at radius 3 is 2.42 bits per heavy atom. The maximum Gasteiger partial charge on any atom is 0.336 e. The summed E-state index contributed by atoms with van der Waals surface area (Å²) in [6.07, 6.45) is 0. The molecule has 0 atom stereocenters. The zero-order chi connectivity index (χ0) is 23.2. The Morgan fingerprint density at radius 2 is 1.67 bits per heavy atom. The lowest BCUT2D eigenvalue weighted by molar-refractivity contribution is 0.182. The summed E-state index contributed by atoms with van der Waals surface area (Å²) >= 11 is 6.30. The SMILES string of the molecule is Cc1cc2oc(=O)cc(CN3CCN(S(=O)(=O)c4ccc5ccccc5c4)CC3)c2cc1Cl. The van der Waals surface area contributed by atoms with Crippen molar-refractivity contribution in [2.45, 2.75) is 18.4 Å². The van der Waals surface area contributed by atoms with Crippen molar-refractivity contribution in [3.05, 3.63) is 87.2 Å². The molecule has 0 N–H and O–H groups in total. The fourth-order valence-corrected chi connectivity index (χ4v) is 5.95. The highest BCUT2D eigenvalue weighted by molar-refractivity contribution is 7.89. The summed E-state index contributed by atoms with van der Waals surface area (Å²) in [5, 5.41) is 3.33. The van der Waals surface area contributed by atoms with Gasteiger partial charge in [-0.3, -0.25) is 4.90 Å². The fourth-order valence-electron chi connectivity index (χ4n) is 4.32. The zero-order valence-corrected chi connectivity index (χ0v) is 19.7. The molecule has 4 aromatic rings. The summed E-state index contributed by atoms with van der Waals surface area (Å²) in [7, 11) is -3.58. The molecule has 33 heavy (non-hydrogen) atoms. The molecule has 0 unspecified atom stereocenters. The molecule has 1 aliphatic heterocycles. The molecule has 8 heteroatoms. The van der Waals surface area contributed by atoms with Crippen LogP contribution in [0.4, 0.5) is 0 Å². The van der Waals surface area contributed by atoms with Gasteiger partial charge >= 0.3 is 5.63 Å². The van der Waals surface area contributed by atoms with E-state index in [0.717, 1.165) is 27.3 Å². The molecule has 2 heterocycles. The van der Waals surface area contributed by atoms with Gasteiger partial charge in [0.2, 0.25) is 10.0 Å². The van der Waals surface area contributed by atoms with Gasteiger partial charge in [-0.2, -0.15) is 4.31 Å². The number of rotatable bonds is 4.